The monoisotopic (exact) mass is 362 g/mol. The van der Waals surface area contributed by atoms with Crippen molar-refractivity contribution in [2.45, 2.75) is 53.1 Å². The summed E-state index contributed by atoms with van der Waals surface area (Å²) in [6, 6.07) is 6.45. The molecule has 1 saturated heterocycles. The van der Waals surface area contributed by atoms with Gasteiger partial charge in [0.25, 0.3) is 5.91 Å². The predicted octanol–water partition coefficient (Wildman–Crippen LogP) is 4.36. The zero-order chi connectivity index (χ0) is 19.1. The standard InChI is InChI=1S/C22H26N4O/c1-5-25-13-17(12-23-25)20-11-19(22(27)26-8-6-7-16(26)4)18-10-14(2)9-15(3)21(18)24-20/h9-13,16H,5-8H2,1-4H3/t16-/m1/s1. The smallest absolute Gasteiger partial charge is 0.254 e. The van der Waals surface area contributed by atoms with Gasteiger partial charge in [-0.2, -0.15) is 5.10 Å². The zero-order valence-corrected chi connectivity index (χ0v) is 16.5. The van der Waals surface area contributed by atoms with Gasteiger partial charge in [0.1, 0.15) is 0 Å². The Bertz CT molecular complexity index is 1020. The highest BCUT2D eigenvalue weighted by Gasteiger charge is 2.28. The van der Waals surface area contributed by atoms with Gasteiger partial charge in [0.05, 0.1) is 23.0 Å². The van der Waals surface area contributed by atoms with Gasteiger partial charge in [0.15, 0.2) is 0 Å². The number of rotatable bonds is 3. The molecule has 3 heterocycles. The van der Waals surface area contributed by atoms with Crippen molar-refractivity contribution in [3.05, 3.63) is 47.3 Å². The van der Waals surface area contributed by atoms with Gasteiger partial charge in [-0.15, -0.1) is 0 Å². The molecule has 5 nitrogen and oxygen atoms in total. The molecule has 1 aliphatic heterocycles. The molecule has 3 aromatic rings. The van der Waals surface area contributed by atoms with Crippen LogP contribution in [0.1, 0.15) is 48.2 Å². The molecule has 1 fully saturated rings. The summed E-state index contributed by atoms with van der Waals surface area (Å²) in [5.74, 6) is 0.113. The normalized spacial score (nSPS) is 17.0. The van der Waals surface area contributed by atoms with Crippen LogP contribution in [0.2, 0.25) is 0 Å². The van der Waals surface area contributed by atoms with Crippen molar-refractivity contribution < 1.29 is 4.79 Å². The van der Waals surface area contributed by atoms with Gasteiger partial charge < -0.3 is 4.90 Å². The van der Waals surface area contributed by atoms with Gasteiger partial charge in [-0.25, -0.2) is 4.98 Å². The van der Waals surface area contributed by atoms with E-state index in [9.17, 15) is 4.79 Å². The molecule has 0 bridgehead atoms. The second-order valence-corrected chi connectivity index (χ2v) is 7.61. The first kappa shape index (κ1) is 17.7. The number of carbonyl (C=O) groups excluding carboxylic acids is 1. The minimum absolute atomic E-state index is 0.113. The second kappa shape index (κ2) is 6.80. The fourth-order valence-electron chi connectivity index (χ4n) is 4.06. The van der Waals surface area contributed by atoms with Crippen molar-refractivity contribution in [1.29, 1.82) is 0 Å². The maximum absolute atomic E-state index is 13.4. The number of pyridine rings is 1. The molecule has 5 heteroatoms. The fourth-order valence-corrected chi connectivity index (χ4v) is 4.06. The minimum atomic E-state index is 0.113. The van der Waals surface area contributed by atoms with Crippen LogP contribution in [0.25, 0.3) is 22.2 Å². The van der Waals surface area contributed by atoms with Crippen molar-refractivity contribution in [3.8, 4) is 11.3 Å². The molecule has 1 aromatic carbocycles. The molecule has 1 aliphatic rings. The topological polar surface area (TPSA) is 51.0 Å². The van der Waals surface area contributed by atoms with Gasteiger partial charge in [-0.3, -0.25) is 9.48 Å². The average molecular weight is 362 g/mol. The molecule has 0 N–H and O–H groups in total. The van der Waals surface area contributed by atoms with Crippen molar-refractivity contribution in [3.63, 3.8) is 0 Å². The van der Waals surface area contributed by atoms with Crippen molar-refractivity contribution in [2.75, 3.05) is 6.54 Å². The van der Waals surface area contributed by atoms with E-state index in [1.54, 1.807) is 0 Å². The molecule has 2 aromatic heterocycles. The highest BCUT2D eigenvalue weighted by atomic mass is 16.2. The molecule has 0 saturated carbocycles. The van der Waals surface area contributed by atoms with E-state index in [1.807, 2.05) is 28.0 Å². The summed E-state index contributed by atoms with van der Waals surface area (Å²) < 4.78 is 1.88. The summed E-state index contributed by atoms with van der Waals surface area (Å²) in [5, 5.41) is 5.32. The van der Waals surface area contributed by atoms with E-state index < -0.39 is 0 Å². The Hall–Kier alpha value is -2.69. The number of hydrogen-bond donors (Lipinski definition) is 0. The third-order valence-corrected chi connectivity index (χ3v) is 5.55. The lowest BCUT2D eigenvalue weighted by atomic mass is 9.99. The molecular formula is C22H26N4O. The molecular weight excluding hydrogens is 336 g/mol. The maximum Gasteiger partial charge on any atom is 0.254 e. The number of benzene rings is 1. The van der Waals surface area contributed by atoms with Crippen LogP contribution in [0.4, 0.5) is 0 Å². The molecule has 0 radical (unpaired) electrons. The predicted molar refractivity (Wildman–Crippen MR) is 108 cm³/mol. The van der Waals surface area contributed by atoms with E-state index in [1.165, 1.54) is 0 Å². The maximum atomic E-state index is 13.4. The molecule has 1 atom stereocenters. The Labute approximate surface area is 160 Å². The van der Waals surface area contributed by atoms with E-state index in [2.05, 4.69) is 44.9 Å². The number of carbonyl (C=O) groups is 1. The van der Waals surface area contributed by atoms with Crippen LogP contribution in [-0.4, -0.2) is 38.2 Å². The number of nitrogens with zero attached hydrogens (tertiary/aromatic N) is 4. The number of fused-ring (bicyclic) bond motifs is 1. The van der Waals surface area contributed by atoms with Crippen LogP contribution in [0.15, 0.2) is 30.6 Å². The highest BCUT2D eigenvalue weighted by molar-refractivity contribution is 6.08. The lowest BCUT2D eigenvalue weighted by Crippen LogP contribution is -2.33. The molecule has 140 valence electrons. The van der Waals surface area contributed by atoms with Crippen LogP contribution in [0.3, 0.4) is 0 Å². The van der Waals surface area contributed by atoms with Crippen molar-refractivity contribution >= 4 is 16.8 Å². The zero-order valence-electron chi connectivity index (χ0n) is 16.5. The highest BCUT2D eigenvalue weighted by Crippen LogP contribution is 2.30. The molecule has 27 heavy (non-hydrogen) atoms. The number of amides is 1. The Kier molecular flexibility index (Phi) is 4.46. The van der Waals surface area contributed by atoms with Gasteiger partial charge >= 0.3 is 0 Å². The summed E-state index contributed by atoms with van der Waals surface area (Å²) in [4.78, 5) is 20.3. The van der Waals surface area contributed by atoms with Crippen LogP contribution < -0.4 is 0 Å². The quantitative estimate of drug-likeness (QED) is 0.696. The molecule has 1 amide bonds. The Morgan fingerprint density at radius 3 is 2.74 bits per heavy atom. The van der Waals surface area contributed by atoms with Gasteiger partial charge in [-0.05, 0) is 58.2 Å². The van der Waals surface area contributed by atoms with E-state index in [-0.39, 0.29) is 11.9 Å². The molecule has 4 rings (SSSR count). The van der Waals surface area contributed by atoms with Crippen LogP contribution in [-0.2, 0) is 6.54 Å². The van der Waals surface area contributed by atoms with E-state index in [0.717, 1.165) is 64.8 Å². The Balaban J connectivity index is 1.93. The van der Waals surface area contributed by atoms with Crippen LogP contribution in [0, 0.1) is 13.8 Å². The minimum Gasteiger partial charge on any atom is -0.336 e. The van der Waals surface area contributed by atoms with Crippen molar-refractivity contribution in [1.82, 2.24) is 19.7 Å². The molecule has 0 aliphatic carbocycles. The number of aryl methyl sites for hydroxylation is 3. The van der Waals surface area contributed by atoms with E-state index in [0.29, 0.717) is 0 Å². The van der Waals surface area contributed by atoms with Gasteiger partial charge in [0, 0.05) is 36.3 Å². The largest absolute Gasteiger partial charge is 0.336 e. The summed E-state index contributed by atoms with van der Waals surface area (Å²) in [5.41, 5.74) is 5.65. The number of likely N-dealkylation sites (tertiary alicyclic amines) is 1. The third-order valence-electron chi connectivity index (χ3n) is 5.55. The lowest BCUT2D eigenvalue weighted by molar-refractivity contribution is 0.0749. The Morgan fingerprint density at radius 1 is 1.26 bits per heavy atom. The third kappa shape index (κ3) is 3.11. The average Bonchev–Trinajstić information content (AvgIpc) is 3.29. The van der Waals surface area contributed by atoms with Crippen LogP contribution >= 0.6 is 0 Å². The second-order valence-electron chi connectivity index (χ2n) is 7.61. The molecule has 0 unspecified atom stereocenters. The fraction of sp³-hybridized carbons (Fsp3) is 0.409. The first-order valence-corrected chi connectivity index (χ1v) is 9.73. The van der Waals surface area contributed by atoms with Crippen LogP contribution in [0.5, 0.6) is 0 Å². The van der Waals surface area contributed by atoms with E-state index >= 15 is 0 Å². The number of hydrogen-bond acceptors (Lipinski definition) is 3. The van der Waals surface area contributed by atoms with Gasteiger partial charge in [-0.1, -0.05) is 11.6 Å². The van der Waals surface area contributed by atoms with Gasteiger partial charge in [0.2, 0.25) is 0 Å². The summed E-state index contributed by atoms with van der Waals surface area (Å²) in [7, 11) is 0. The first-order chi connectivity index (χ1) is 13.0. The lowest BCUT2D eigenvalue weighted by Gasteiger charge is -2.23. The summed E-state index contributed by atoms with van der Waals surface area (Å²) >= 11 is 0. The SMILES string of the molecule is CCn1cc(-c2cc(C(=O)N3CCC[C@H]3C)c3cc(C)cc(C)c3n2)cn1. The number of aromatic nitrogens is 3. The molecule has 0 spiro atoms. The van der Waals surface area contributed by atoms with Crippen molar-refractivity contribution in [2.24, 2.45) is 0 Å². The van der Waals surface area contributed by atoms with E-state index in [4.69, 9.17) is 4.98 Å². The summed E-state index contributed by atoms with van der Waals surface area (Å²) in [6.07, 6.45) is 5.96. The summed E-state index contributed by atoms with van der Waals surface area (Å²) in [6.45, 7) is 9.96. The first-order valence-electron chi connectivity index (χ1n) is 9.73. The Morgan fingerprint density at radius 2 is 2.07 bits per heavy atom.